The SMILES string of the molecule is CCOc1cccc(/C=C(\C#N)C(=O)NC2CCCCC2)c1OC(F)F. The molecule has 140 valence electrons. The Balaban J connectivity index is 2.27. The number of halogens is 2. The minimum absolute atomic E-state index is 0.0412. The highest BCUT2D eigenvalue weighted by Gasteiger charge is 2.20. The summed E-state index contributed by atoms with van der Waals surface area (Å²) in [6, 6.07) is 6.45. The fraction of sp³-hybridized carbons (Fsp3) is 0.474. The van der Waals surface area contributed by atoms with Gasteiger partial charge in [-0.2, -0.15) is 14.0 Å². The van der Waals surface area contributed by atoms with E-state index < -0.39 is 12.5 Å². The summed E-state index contributed by atoms with van der Waals surface area (Å²) in [7, 11) is 0. The molecule has 0 spiro atoms. The lowest BCUT2D eigenvalue weighted by Gasteiger charge is -2.22. The highest BCUT2D eigenvalue weighted by Crippen LogP contribution is 2.34. The van der Waals surface area contributed by atoms with E-state index in [1.165, 1.54) is 18.2 Å². The molecule has 1 aromatic carbocycles. The molecule has 0 aliphatic heterocycles. The maximum absolute atomic E-state index is 12.8. The van der Waals surface area contributed by atoms with Gasteiger partial charge in [0, 0.05) is 11.6 Å². The highest BCUT2D eigenvalue weighted by molar-refractivity contribution is 6.02. The van der Waals surface area contributed by atoms with Gasteiger partial charge in [-0.05, 0) is 31.9 Å². The Labute approximate surface area is 151 Å². The zero-order valence-corrected chi connectivity index (χ0v) is 14.6. The summed E-state index contributed by atoms with van der Waals surface area (Å²) in [6.45, 7) is -1.07. The molecule has 0 unspecified atom stereocenters. The van der Waals surface area contributed by atoms with Crippen LogP contribution in [-0.2, 0) is 4.79 Å². The summed E-state index contributed by atoms with van der Waals surface area (Å²) >= 11 is 0. The summed E-state index contributed by atoms with van der Waals surface area (Å²) < 4.78 is 35.4. The Morgan fingerprint density at radius 3 is 2.73 bits per heavy atom. The van der Waals surface area contributed by atoms with Gasteiger partial charge in [0.2, 0.25) is 0 Å². The van der Waals surface area contributed by atoms with Gasteiger partial charge in [-0.1, -0.05) is 31.4 Å². The molecule has 1 aliphatic carbocycles. The van der Waals surface area contributed by atoms with Crippen LogP contribution in [0.4, 0.5) is 8.78 Å². The number of carbonyl (C=O) groups is 1. The summed E-state index contributed by atoms with van der Waals surface area (Å²) in [5, 5.41) is 12.2. The van der Waals surface area contributed by atoms with Crippen LogP contribution in [0.1, 0.15) is 44.6 Å². The van der Waals surface area contributed by atoms with Crippen molar-refractivity contribution in [1.29, 1.82) is 5.26 Å². The van der Waals surface area contributed by atoms with Crippen LogP contribution < -0.4 is 14.8 Å². The van der Waals surface area contributed by atoms with Gasteiger partial charge in [0.15, 0.2) is 11.5 Å². The van der Waals surface area contributed by atoms with E-state index in [0.717, 1.165) is 32.1 Å². The second-order valence-electron chi connectivity index (χ2n) is 5.96. The van der Waals surface area contributed by atoms with Gasteiger partial charge in [0.05, 0.1) is 6.61 Å². The zero-order chi connectivity index (χ0) is 18.9. The van der Waals surface area contributed by atoms with Crippen molar-refractivity contribution < 1.29 is 23.0 Å². The Morgan fingerprint density at radius 2 is 2.12 bits per heavy atom. The molecule has 1 saturated carbocycles. The van der Waals surface area contributed by atoms with Crippen LogP contribution in [0.5, 0.6) is 11.5 Å². The van der Waals surface area contributed by atoms with Crippen LogP contribution in [0, 0.1) is 11.3 Å². The van der Waals surface area contributed by atoms with Crippen LogP contribution in [0.2, 0.25) is 0 Å². The number of nitrogens with zero attached hydrogens (tertiary/aromatic N) is 1. The average molecular weight is 364 g/mol. The number of hydrogen-bond acceptors (Lipinski definition) is 4. The number of nitrogens with one attached hydrogen (secondary N) is 1. The summed E-state index contributed by atoms with van der Waals surface area (Å²) in [6.07, 6.45) is 6.23. The van der Waals surface area contributed by atoms with Crippen LogP contribution in [0.3, 0.4) is 0 Å². The third-order valence-corrected chi connectivity index (χ3v) is 4.12. The lowest BCUT2D eigenvalue weighted by molar-refractivity contribution is -0.117. The molecule has 1 aliphatic rings. The predicted molar refractivity (Wildman–Crippen MR) is 92.8 cm³/mol. The lowest BCUT2D eigenvalue weighted by atomic mass is 9.95. The Hall–Kier alpha value is -2.62. The largest absolute Gasteiger partial charge is 0.490 e. The maximum Gasteiger partial charge on any atom is 0.387 e. The van der Waals surface area contributed by atoms with Crippen molar-refractivity contribution >= 4 is 12.0 Å². The van der Waals surface area contributed by atoms with Gasteiger partial charge < -0.3 is 14.8 Å². The van der Waals surface area contributed by atoms with Gasteiger partial charge in [-0.3, -0.25) is 4.79 Å². The Bertz CT molecular complexity index is 693. The fourth-order valence-corrected chi connectivity index (χ4v) is 2.95. The molecule has 5 nitrogen and oxygen atoms in total. The van der Waals surface area contributed by atoms with E-state index in [4.69, 9.17) is 4.74 Å². The molecule has 0 radical (unpaired) electrons. The molecule has 2 rings (SSSR count). The van der Waals surface area contributed by atoms with Crippen LogP contribution >= 0.6 is 0 Å². The number of alkyl halides is 2. The zero-order valence-electron chi connectivity index (χ0n) is 14.6. The third kappa shape index (κ3) is 5.45. The first-order valence-corrected chi connectivity index (χ1v) is 8.68. The molecule has 0 aromatic heterocycles. The molecule has 0 saturated heterocycles. The minimum Gasteiger partial charge on any atom is -0.490 e. The first kappa shape index (κ1) is 19.7. The third-order valence-electron chi connectivity index (χ3n) is 4.12. The number of benzene rings is 1. The van der Waals surface area contributed by atoms with Gasteiger partial charge in [-0.15, -0.1) is 0 Å². The molecule has 1 fully saturated rings. The number of ether oxygens (including phenoxy) is 2. The van der Waals surface area contributed by atoms with Crippen molar-refractivity contribution in [2.45, 2.75) is 51.7 Å². The van der Waals surface area contributed by atoms with Crippen molar-refractivity contribution in [2.24, 2.45) is 0 Å². The number of amides is 1. The minimum atomic E-state index is -3.05. The van der Waals surface area contributed by atoms with E-state index in [1.54, 1.807) is 13.0 Å². The number of carbonyl (C=O) groups excluding carboxylic acids is 1. The molecular weight excluding hydrogens is 342 g/mol. The molecular formula is C19H22F2N2O3. The van der Waals surface area contributed by atoms with Crippen molar-refractivity contribution in [1.82, 2.24) is 5.32 Å². The smallest absolute Gasteiger partial charge is 0.387 e. The molecule has 0 heterocycles. The van der Waals surface area contributed by atoms with E-state index in [9.17, 15) is 18.8 Å². The van der Waals surface area contributed by atoms with Gasteiger partial charge in [0.1, 0.15) is 11.6 Å². The highest BCUT2D eigenvalue weighted by atomic mass is 19.3. The van der Waals surface area contributed by atoms with Crippen molar-refractivity contribution in [3.8, 4) is 17.6 Å². The molecule has 0 bridgehead atoms. The molecule has 26 heavy (non-hydrogen) atoms. The quantitative estimate of drug-likeness (QED) is 0.585. The first-order chi connectivity index (χ1) is 12.5. The van der Waals surface area contributed by atoms with E-state index >= 15 is 0 Å². The van der Waals surface area contributed by atoms with Crippen LogP contribution in [-0.4, -0.2) is 25.2 Å². The van der Waals surface area contributed by atoms with E-state index in [-0.39, 0.29) is 35.3 Å². The maximum atomic E-state index is 12.8. The Kier molecular flexibility index (Phi) is 7.39. The fourth-order valence-electron chi connectivity index (χ4n) is 2.95. The summed E-state index contributed by atoms with van der Waals surface area (Å²) in [5.41, 5.74) is 0.0231. The van der Waals surface area contributed by atoms with E-state index in [1.807, 2.05) is 6.07 Å². The van der Waals surface area contributed by atoms with E-state index in [2.05, 4.69) is 10.1 Å². The van der Waals surface area contributed by atoms with Gasteiger partial charge in [-0.25, -0.2) is 0 Å². The van der Waals surface area contributed by atoms with Crippen molar-refractivity contribution in [3.63, 3.8) is 0 Å². The standard InChI is InChI=1S/C19H22F2N2O3/c1-2-25-16-10-6-7-13(17(16)26-19(20)21)11-14(12-22)18(24)23-15-8-4-3-5-9-15/h6-7,10-11,15,19H,2-5,8-9H2,1H3,(H,23,24)/b14-11+. The number of hydrogen-bond donors (Lipinski definition) is 1. The lowest BCUT2D eigenvalue weighted by Crippen LogP contribution is -2.36. The van der Waals surface area contributed by atoms with Crippen LogP contribution in [0.15, 0.2) is 23.8 Å². The summed E-state index contributed by atoms with van der Waals surface area (Å²) in [5.74, 6) is -0.571. The van der Waals surface area contributed by atoms with Gasteiger partial charge >= 0.3 is 6.61 Å². The monoisotopic (exact) mass is 364 g/mol. The van der Waals surface area contributed by atoms with E-state index in [0.29, 0.717) is 0 Å². The predicted octanol–water partition coefficient (Wildman–Crippen LogP) is 4.04. The second kappa shape index (κ2) is 9.76. The molecule has 0 atom stereocenters. The molecule has 1 aromatic rings. The molecule has 1 amide bonds. The average Bonchev–Trinajstić information content (AvgIpc) is 2.62. The number of rotatable bonds is 7. The molecule has 7 heteroatoms. The van der Waals surface area contributed by atoms with Gasteiger partial charge in [0.25, 0.3) is 5.91 Å². The topological polar surface area (TPSA) is 71.3 Å². The van der Waals surface area contributed by atoms with Crippen LogP contribution in [0.25, 0.3) is 6.08 Å². The Morgan fingerprint density at radius 1 is 1.38 bits per heavy atom. The van der Waals surface area contributed by atoms with Crippen molar-refractivity contribution in [2.75, 3.05) is 6.61 Å². The second-order valence-corrected chi connectivity index (χ2v) is 5.96. The first-order valence-electron chi connectivity index (χ1n) is 8.68. The molecule has 1 N–H and O–H groups in total. The van der Waals surface area contributed by atoms with Crippen molar-refractivity contribution in [3.05, 3.63) is 29.3 Å². The normalized spacial score (nSPS) is 15.4. The number of nitriles is 1. The summed E-state index contributed by atoms with van der Waals surface area (Å²) in [4.78, 5) is 12.4. The number of para-hydroxylation sites is 1.